The maximum Gasteiger partial charge on any atom is 0.108 e. The van der Waals surface area contributed by atoms with Crippen LogP contribution in [-0.2, 0) is 4.79 Å². The Kier molecular flexibility index (Phi) is 9.36. The van der Waals surface area contributed by atoms with Crippen LogP contribution in [0.3, 0.4) is 0 Å². The molecule has 0 aromatic rings. The molecular weight excluding hydrogens is 214 g/mol. The Balaban J connectivity index is 0. The second-order valence-electron chi connectivity index (χ2n) is 4.73. The molecule has 0 aliphatic carbocycles. The standard InChI is InChI=1S/C7H15NO3.C3H8O2/c1-8(2,3)5-6(9)4-7(10)11;1-3(5)2-4/h6,9H,4-5H2,1-3H3;3-5H,2H2,1H3. The largest absolute Gasteiger partial charge is 0.550 e. The topological polar surface area (TPSA) is 101 Å². The molecule has 98 valence electrons. The molecule has 6 heteroatoms. The maximum absolute atomic E-state index is 10.0. The number of hydrogen-bond acceptors (Lipinski definition) is 5. The number of carbonyl (C=O) groups excluding carboxylic acids is 1. The highest BCUT2D eigenvalue weighted by molar-refractivity contribution is 5.64. The Hall–Kier alpha value is -0.690. The molecule has 0 saturated carbocycles. The van der Waals surface area contributed by atoms with Crippen LogP contribution in [0.2, 0.25) is 0 Å². The summed E-state index contributed by atoms with van der Waals surface area (Å²) in [7, 11) is 5.66. The van der Waals surface area contributed by atoms with E-state index in [0.717, 1.165) is 0 Å². The molecule has 0 aromatic carbocycles. The summed E-state index contributed by atoms with van der Waals surface area (Å²) in [6, 6.07) is 0. The predicted molar refractivity (Wildman–Crippen MR) is 57.3 cm³/mol. The fraction of sp³-hybridized carbons (Fsp3) is 0.900. The van der Waals surface area contributed by atoms with Crippen molar-refractivity contribution in [1.82, 2.24) is 0 Å². The van der Waals surface area contributed by atoms with E-state index in [9.17, 15) is 9.90 Å². The third-order valence-corrected chi connectivity index (χ3v) is 1.42. The van der Waals surface area contributed by atoms with Gasteiger partial charge in [0.25, 0.3) is 0 Å². The Morgan fingerprint density at radius 1 is 1.31 bits per heavy atom. The summed E-state index contributed by atoms with van der Waals surface area (Å²) in [5, 5.41) is 35.1. The van der Waals surface area contributed by atoms with E-state index in [1.165, 1.54) is 6.92 Å². The average molecular weight is 237 g/mol. The zero-order valence-corrected chi connectivity index (χ0v) is 10.4. The van der Waals surface area contributed by atoms with E-state index in [0.29, 0.717) is 11.0 Å². The zero-order valence-electron chi connectivity index (χ0n) is 10.4. The summed E-state index contributed by atoms with van der Waals surface area (Å²) in [5.41, 5.74) is 0. The number of hydrogen-bond donors (Lipinski definition) is 3. The lowest BCUT2D eigenvalue weighted by atomic mass is 10.2. The van der Waals surface area contributed by atoms with Gasteiger partial charge in [0.05, 0.1) is 33.9 Å². The number of nitrogens with zero attached hydrogens (tertiary/aromatic N) is 1. The summed E-state index contributed by atoms with van der Waals surface area (Å²) in [5.74, 6) is -1.20. The molecule has 2 unspecified atom stereocenters. The lowest BCUT2D eigenvalue weighted by Crippen LogP contribution is -2.43. The van der Waals surface area contributed by atoms with Crippen LogP contribution >= 0.6 is 0 Å². The number of carboxylic acids is 1. The van der Waals surface area contributed by atoms with Gasteiger partial charge in [-0.3, -0.25) is 0 Å². The van der Waals surface area contributed by atoms with Crippen LogP contribution in [0.15, 0.2) is 0 Å². The minimum atomic E-state index is -1.20. The molecule has 16 heavy (non-hydrogen) atoms. The van der Waals surface area contributed by atoms with E-state index >= 15 is 0 Å². The SMILES string of the molecule is CC(O)CO.C[N+](C)(C)CC(O)CC(=O)[O-]. The van der Waals surface area contributed by atoms with Crippen molar-refractivity contribution in [2.75, 3.05) is 34.3 Å². The van der Waals surface area contributed by atoms with E-state index in [2.05, 4.69) is 0 Å². The molecule has 0 rings (SSSR count). The number of aliphatic hydroxyl groups is 3. The van der Waals surface area contributed by atoms with Crippen molar-refractivity contribution >= 4 is 5.97 Å². The zero-order chi connectivity index (χ0) is 13.4. The van der Waals surface area contributed by atoms with Crippen LogP contribution in [0.5, 0.6) is 0 Å². The lowest BCUT2D eigenvalue weighted by Gasteiger charge is -2.26. The summed E-state index contributed by atoms with van der Waals surface area (Å²) < 4.78 is 0.550. The summed E-state index contributed by atoms with van der Waals surface area (Å²) in [6.07, 6.45) is -1.65. The van der Waals surface area contributed by atoms with E-state index in [4.69, 9.17) is 15.3 Å². The molecule has 0 amide bonds. The molecule has 2 atom stereocenters. The van der Waals surface area contributed by atoms with Crippen molar-refractivity contribution in [3.8, 4) is 0 Å². The van der Waals surface area contributed by atoms with E-state index < -0.39 is 18.2 Å². The summed E-state index contributed by atoms with van der Waals surface area (Å²) in [4.78, 5) is 10.0. The molecule has 0 fully saturated rings. The quantitative estimate of drug-likeness (QED) is 0.461. The van der Waals surface area contributed by atoms with Crippen molar-refractivity contribution in [3.63, 3.8) is 0 Å². The molecule has 3 N–H and O–H groups in total. The number of aliphatic hydroxyl groups excluding tert-OH is 3. The first-order valence-corrected chi connectivity index (χ1v) is 5.05. The summed E-state index contributed by atoms with van der Waals surface area (Å²) in [6.45, 7) is 1.81. The number of quaternary nitrogens is 1. The Morgan fingerprint density at radius 3 is 1.88 bits per heavy atom. The third-order valence-electron chi connectivity index (χ3n) is 1.42. The fourth-order valence-electron chi connectivity index (χ4n) is 0.889. The average Bonchev–Trinajstić information content (AvgIpc) is 1.99. The minimum absolute atomic E-state index is 0.139. The van der Waals surface area contributed by atoms with Gasteiger partial charge in [-0.2, -0.15) is 0 Å². The Morgan fingerprint density at radius 2 is 1.69 bits per heavy atom. The van der Waals surface area contributed by atoms with E-state index in [-0.39, 0.29) is 13.0 Å². The maximum atomic E-state index is 10.0. The highest BCUT2D eigenvalue weighted by Crippen LogP contribution is 1.97. The minimum Gasteiger partial charge on any atom is -0.550 e. The van der Waals surface area contributed by atoms with Gasteiger partial charge >= 0.3 is 0 Å². The van der Waals surface area contributed by atoms with Gasteiger partial charge < -0.3 is 29.7 Å². The first-order valence-electron chi connectivity index (χ1n) is 5.05. The molecule has 0 saturated heterocycles. The molecule has 0 heterocycles. The molecular formula is C10H23NO5. The highest BCUT2D eigenvalue weighted by atomic mass is 16.4. The first-order chi connectivity index (χ1) is 7.08. The third kappa shape index (κ3) is 19.0. The lowest BCUT2D eigenvalue weighted by molar-refractivity contribution is -0.873. The van der Waals surface area contributed by atoms with Crippen LogP contribution in [0.4, 0.5) is 0 Å². The second kappa shape index (κ2) is 8.46. The van der Waals surface area contributed by atoms with Gasteiger partial charge in [0.15, 0.2) is 0 Å². The van der Waals surface area contributed by atoms with Crippen molar-refractivity contribution < 1.29 is 29.7 Å². The van der Waals surface area contributed by atoms with Crippen LogP contribution in [0.1, 0.15) is 13.3 Å². The monoisotopic (exact) mass is 237 g/mol. The smallest absolute Gasteiger partial charge is 0.108 e. The van der Waals surface area contributed by atoms with Crippen molar-refractivity contribution in [3.05, 3.63) is 0 Å². The van der Waals surface area contributed by atoms with Crippen molar-refractivity contribution in [2.45, 2.75) is 25.6 Å². The van der Waals surface area contributed by atoms with Crippen LogP contribution < -0.4 is 5.11 Å². The molecule has 0 radical (unpaired) electrons. The van der Waals surface area contributed by atoms with Gasteiger partial charge in [0.1, 0.15) is 12.6 Å². The second-order valence-corrected chi connectivity index (χ2v) is 4.73. The van der Waals surface area contributed by atoms with Crippen LogP contribution in [0.25, 0.3) is 0 Å². The normalized spacial score (nSPS) is 14.7. The van der Waals surface area contributed by atoms with E-state index in [1.54, 1.807) is 0 Å². The molecule has 0 bridgehead atoms. The number of aliphatic carboxylic acids is 1. The Labute approximate surface area is 96.3 Å². The van der Waals surface area contributed by atoms with E-state index in [1.807, 2.05) is 21.1 Å². The van der Waals surface area contributed by atoms with Gasteiger partial charge in [0, 0.05) is 12.4 Å². The Bertz CT molecular complexity index is 188. The van der Waals surface area contributed by atoms with Crippen molar-refractivity contribution in [2.24, 2.45) is 0 Å². The molecule has 0 aliphatic rings. The number of carbonyl (C=O) groups is 1. The highest BCUT2D eigenvalue weighted by Gasteiger charge is 2.14. The van der Waals surface area contributed by atoms with Gasteiger partial charge in [0.2, 0.25) is 0 Å². The molecule has 0 aliphatic heterocycles. The number of rotatable bonds is 5. The number of carboxylic acid groups (broad SMARTS) is 1. The molecule has 0 aromatic heterocycles. The molecule has 6 nitrogen and oxygen atoms in total. The fourth-order valence-corrected chi connectivity index (χ4v) is 0.889. The van der Waals surface area contributed by atoms with Gasteiger partial charge in [-0.15, -0.1) is 0 Å². The molecule has 0 spiro atoms. The summed E-state index contributed by atoms with van der Waals surface area (Å²) >= 11 is 0. The van der Waals surface area contributed by atoms with Crippen LogP contribution in [0, 0.1) is 0 Å². The van der Waals surface area contributed by atoms with Crippen molar-refractivity contribution in [1.29, 1.82) is 0 Å². The number of likely N-dealkylation sites (N-methyl/N-ethyl adjacent to an activating group) is 1. The van der Waals surface area contributed by atoms with Gasteiger partial charge in [-0.1, -0.05) is 0 Å². The van der Waals surface area contributed by atoms with Gasteiger partial charge in [-0.05, 0) is 6.92 Å². The van der Waals surface area contributed by atoms with Gasteiger partial charge in [-0.25, -0.2) is 0 Å². The van der Waals surface area contributed by atoms with Crippen LogP contribution in [-0.4, -0.2) is 72.3 Å². The first kappa shape index (κ1) is 17.7. The predicted octanol–water partition coefficient (Wildman–Crippen LogP) is -2.45.